The molecule has 4 atom stereocenters. The molecule has 0 aromatic carbocycles. The van der Waals surface area contributed by atoms with Gasteiger partial charge in [0.1, 0.15) is 19.5 Å². The maximum absolute atomic E-state index is 11.7. The summed E-state index contributed by atoms with van der Waals surface area (Å²) < 4.78 is 34.9. The number of halogens is 3. The molecule has 0 aliphatic rings. The minimum absolute atomic E-state index is 0. The molecular formula is C20H45F3O4. The second-order valence-electron chi connectivity index (χ2n) is 7.70. The Morgan fingerprint density at radius 3 is 1.26 bits per heavy atom. The Hall–Kier alpha value is -0.370. The molecule has 0 aromatic rings. The molecule has 0 bridgehead atoms. The van der Waals surface area contributed by atoms with E-state index in [4.69, 9.17) is 20.4 Å². The van der Waals surface area contributed by atoms with E-state index in [0.29, 0.717) is 18.8 Å². The van der Waals surface area contributed by atoms with Crippen molar-refractivity contribution in [3.05, 3.63) is 0 Å². The first-order chi connectivity index (χ1) is 12.0. The molecule has 0 heterocycles. The van der Waals surface area contributed by atoms with Gasteiger partial charge in [0.05, 0.1) is 18.9 Å². The zero-order valence-corrected chi connectivity index (χ0v) is 17.2. The molecule has 4 nitrogen and oxygen atoms in total. The van der Waals surface area contributed by atoms with Gasteiger partial charge in [-0.25, -0.2) is 8.78 Å². The summed E-state index contributed by atoms with van der Waals surface area (Å²) in [6, 6.07) is 0. The minimum Gasteiger partial charge on any atom is -0.396 e. The molecule has 0 aliphatic carbocycles. The maximum atomic E-state index is 11.7. The highest BCUT2D eigenvalue weighted by molar-refractivity contribution is 4.67. The molecule has 0 aromatic heterocycles. The van der Waals surface area contributed by atoms with Gasteiger partial charge in [0.2, 0.25) is 0 Å². The molecule has 0 spiro atoms. The van der Waals surface area contributed by atoms with Crippen LogP contribution in [-0.4, -0.2) is 65.4 Å². The summed E-state index contributed by atoms with van der Waals surface area (Å²) in [7, 11) is 0. The lowest BCUT2D eigenvalue weighted by Gasteiger charge is -2.16. The molecule has 0 saturated carbocycles. The van der Waals surface area contributed by atoms with Crippen LogP contribution in [0.5, 0.6) is 0 Å². The molecule has 4 N–H and O–H groups in total. The monoisotopic (exact) mass is 406 g/mol. The Morgan fingerprint density at radius 1 is 0.667 bits per heavy atom. The number of aliphatic hydroxyl groups excluding tert-OH is 4. The van der Waals surface area contributed by atoms with Crippen molar-refractivity contribution in [1.82, 2.24) is 0 Å². The van der Waals surface area contributed by atoms with Gasteiger partial charge >= 0.3 is 0 Å². The predicted molar refractivity (Wildman–Crippen MR) is 107 cm³/mol. The van der Waals surface area contributed by atoms with Crippen molar-refractivity contribution in [3.8, 4) is 0 Å². The summed E-state index contributed by atoms with van der Waals surface area (Å²) in [5, 5.41) is 34.9. The zero-order chi connectivity index (χ0) is 21.3. The second kappa shape index (κ2) is 21.9. The van der Waals surface area contributed by atoms with E-state index in [2.05, 4.69) is 0 Å². The van der Waals surface area contributed by atoms with Crippen LogP contribution < -0.4 is 0 Å². The highest BCUT2D eigenvalue weighted by Gasteiger charge is 2.16. The Labute approximate surface area is 164 Å². The van der Waals surface area contributed by atoms with Crippen LogP contribution in [0.1, 0.15) is 61.8 Å². The third-order valence-corrected chi connectivity index (χ3v) is 3.61. The average molecular weight is 407 g/mol. The van der Waals surface area contributed by atoms with Crippen molar-refractivity contribution in [3.63, 3.8) is 0 Å². The third kappa shape index (κ3) is 25.6. The van der Waals surface area contributed by atoms with E-state index in [-0.39, 0.29) is 31.8 Å². The Kier molecular flexibility index (Phi) is 27.7. The van der Waals surface area contributed by atoms with Gasteiger partial charge in [-0.1, -0.05) is 49.0 Å². The lowest BCUT2D eigenvalue weighted by atomic mass is 9.99. The highest BCUT2D eigenvalue weighted by atomic mass is 19.1. The van der Waals surface area contributed by atoms with E-state index in [1.165, 1.54) is 0 Å². The van der Waals surface area contributed by atoms with Crippen LogP contribution >= 0.6 is 0 Å². The first kappa shape index (κ1) is 34.2. The van der Waals surface area contributed by atoms with Gasteiger partial charge in [0, 0.05) is 12.5 Å². The summed E-state index contributed by atoms with van der Waals surface area (Å²) >= 11 is 0. The van der Waals surface area contributed by atoms with Crippen molar-refractivity contribution < 1.29 is 33.6 Å². The number of hydrogen-bond acceptors (Lipinski definition) is 4. The molecular weight excluding hydrogens is 361 g/mol. The van der Waals surface area contributed by atoms with Crippen LogP contribution in [0.4, 0.5) is 13.2 Å². The molecule has 0 fully saturated rings. The molecule has 7 heteroatoms. The quantitative estimate of drug-likeness (QED) is 0.443. The number of aliphatic hydroxyl groups is 4. The molecule has 0 rings (SSSR count). The Bertz CT molecular complexity index is 276. The topological polar surface area (TPSA) is 80.9 Å². The molecule has 4 unspecified atom stereocenters. The molecule has 27 heavy (non-hydrogen) atoms. The second-order valence-corrected chi connectivity index (χ2v) is 7.70. The summed E-state index contributed by atoms with van der Waals surface area (Å²) in [5.41, 5.74) is 0. The van der Waals surface area contributed by atoms with Crippen LogP contribution in [0.15, 0.2) is 0 Å². The standard InChI is InChI=1S/C7H15FO2.2C6H13FO.CH4/c1-5(2)3-6(9)7(10)4-8;1-5(2)6(3-7)4-8;1-5(2)3-6(8)4-7;/h5-7,9-10H,3-4H2,1-2H3;2*5-6,8H,3-4H2,1-2H3;1H4. The van der Waals surface area contributed by atoms with E-state index < -0.39 is 38.3 Å². The van der Waals surface area contributed by atoms with Crippen LogP contribution in [-0.2, 0) is 0 Å². The SMILES string of the molecule is C.CC(C)C(CO)CF.CC(C)CC(O)C(O)CF.CC(C)CC(O)CF. The van der Waals surface area contributed by atoms with Crippen molar-refractivity contribution in [2.75, 3.05) is 26.6 Å². The predicted octanol–water partition coefficient (Wildman–Crippen LogP) is 3.94. The fourth-order valence-electron chi connectivity index (χ4n) is 1.79. The average Bonchev–Trinajstić information content (AvgIpc) is 2.54. The van der Waals surface area contributed by atoms with Crippen LogP contribution in [0.3, 0.4) is 0 Å². The van der Waals surface area contributed by atoms with Gasteiger partial charge in [-0.2, -0.15) is 0 Å². The Morgan fingerprint density at radius 2 is 1.11 bits per heavy atom. The minimum atomic E-state index is -1.21. The molecule has 0 amide bonds. The summed E-state index contributed by atoms with van der Waals surface area (Å²) in [6.07, 6.45) is -1.84. The van der Waals surface area contributed by atoms with Crippen molar-refractivity contribution in [1.29, 1.82) is 0 Å². The van der Waals surface area contributed by atoms with E-state index in [0.717, 1.165) is 0 Å². The smallest absolute Gasteiger partial charge is 0.118 e. The normalized spacial score (nSPS) is 15.1. The van der Waals surface area contributed by atoms with Gasteiger partial charge < -0.3 is 20.4 Å². The first-order valence-corrected chi connectivity index (χ1v) is 9.29. The van der Waals surface area contributed by atoms with Gasteiger partial charge in [-0.3, -0.25) is 4.39 Å². The van der Waals surface area contributed by atoms with Crippen LogP contribution in [0.2, 0.25) is 0 Å². The summed E-state index contributed by atoms with van der Waals surface area (Å²) in [6.45, 7) is 9.62. The zero-order valence-electron chi connectivity index (χ0n) is 17.2. The van der Waals surface area contributed by atoms with E-state index in [1.807, 2.05) is 41.5 Å². The van der Waals surface area contributed by atoms with Crippen molar-refractivity contribution in [2.24, 2.45) is 23.7 Å². The van der Waals surface area contributed by atoms with Gasteiger partial charge in [0.25, 0.3) is 0 Å². The maximum Gasteiger partial charge on any atom is 0.118 e. The van der Waals surface area contributed by atoms with E-state index >= 15 is 0 Å². The third-order valence-electron chi connectivity index (χ3n) is 3.61. The summed E-state index contributed by atoms with van der Waals surface area (Å²) in [5.74, 6) is 0.775. The fourth-order valence-corrected chi connectivity index (χ4v) is 1.79. The molecule has 0 radical (unpaired) electrons. The lowest BCUT2D eigenvalue weighted by Crippen LogP contribution is -2.28. The van der Waals surface area contributed by atoms with Gasteiger partial charge in [0.15, 0.2) is 0 Å². The highest BCUT2D eigenvalue weighted by Crippen LogP contribution is 2.09. The first-order valence-electron chi connectivity index (χ1n) is 9.29. The van der Waals surface area contributed by atoms with Gasteiger partial charge in [-0.15, -0.1) is 0 Å². The Balaban J connectivity index is -0.000000146. The number of rotatable bonds is 10. The van der Waals surface area contributed by atoms with E-state index in [9.17, 15) is 13.2 Å². The molecule has 0 saturated heterocycles. The lowest BCUT2D eigenvalue weighted by molar-refractivity contribution is -0.00524. The molecule has 0 aliphatic heterocycles. The number of alkyl halides is 3. The van der Waals surface area contributed by atoms with Crippen LogP contribution in [0.25, 0.3) is 0 Å². The number of hydrogen-bond donors (Lipinski definition) is 4. The van der Waals surface area contributed by atoms with Crippen LogP contribution in [0, 0.1) is 23.7 Å². The molecule has 170 valence electrons. The van der Waals surface area contributed by atoms with Crippen molar-refractivity contribution >= 4 is 0 Å². The fraction of sp³-hybridized carbons (Fsp3) is 1.00. The van der Waals surface area contributed by atoms with E-state index in [1.54, 1.807) is 0 Å². The largest absolute Gasteiger partial charge is 0.396 e. The van der Waals surface area contributed by atoms with Gasteiger partial charge in [-0.05, 0) is 30.6 Å². The van der Waals surface area contributed by atoms with Crippen molar-refractivity contribution in [2.45, 2.75) is 80.1 Å². The summed E-state index contributed by atoms with van der Waals surface area (Å²) in [4.78, 5) is 0.